The minimum Gasteiger partial charge on any atom is -0.467 e. The summed E-state index contributed by atoms with van der Waals surface area (Å²) in [4.78, 5) is 16.7. The highest BCUT2D eigenvalue weighted by molar-refractivity contribution is 5.84. The molecule has 22 heavy (non-hydrogen) atoms. The number of carbonyl (C=O) groups is 1. The van der Waals surface area contributed by atoms with E-state index in [-0.39, 0.29) is 19.7 Å². The molecule has 5 nitrogen and oxygen atoms in total. The number of amides is 1. The summed E-state index contributed by atoms with van der Waals surface area (Å²) in [5.41, 5.74) is 0.837. The summed E-state index contributed by atoms with van der Waals surface area (Å²) in [7, 11) is 0. The lowest BCUT2D eigenvalue weighted by molar-refractivity contribution is -0.0789. The Labute approximate surface area is 124 Å². The van der Waals surface area contributed by atoms with Gasteiger partial charge in [-0.2, -0.15) is 13.2 Å². The fourth-order valence-electron chi connectivity index (χ4n) is 2.42. The Morgan fingerprint density at radius 1 is 1.32 bits per heavy atom. The van der Waals surface area contributed by atoms with E-state index in [1.54, 1.807) is 0 Å². The maximum atomic E-state index is 12.5. The van der Waals surface area contributed by atoms with Crippen molar-refractivity contribution in [2.45, 2.75) is 24.9 Å². The summed E-state index contributed by atoms with van der Waals surface area (Å²) in [6.45, 7) is 0.225. The van der Waals surface area contributed by atoms with Crippen molar-refractivity contribution in [1.29, 1.82) is 0 Å². The monoisotopic (exact) mass is 314 g/mol. The Hall–Kier alpha value is -2.25. The first-order chi connectivity index (χ1) is 10.4. The Balaban J connectivity index is 1.54. The summed E-state index contributed by atoms with van der Waals surface area (Å²) >= 11 is 0. The molecule has 0 bridgehead atoms. The molecule has 3 rings (SSSR count). The van der Waals surface area contributed by atoms with Gasteiger partial charge in [0.15, 0.2) is 0 Å². The van der Waals surface area contributed by atoms with Crippen LogP contribution in [-0.4, -0.2) is 48.3 Å². The second-order valence-electron chi connectivity index (χ2n) is 5.10. The summed E-state index contributed by atoms with van der Waals surface area (Å²) < 4.78 is 47.3. The molecule has 2 aliphatic rings. The van der Waals surface area contributed by atoms with Gasteiger partial charge in [-0.15, -0.1) is 0 Å². The van der Waals surface area contributed by atoms with E-state index in [1.165, 1.54) is 4.90 Å². The maximum Gasteiger partial charge on any atom is 0.468 e. The molecule has 1 unspecified atom stereocenters. The maximum absolute atomic E-state index is 12.5. The number of alkyl halides is 3. The third kappa shape index (κ3) is 3.00. The number of hydrogen-bond acceptors (Lipinski definition) is 4. The van der Waals surface area contributed by atoms with Crippen molar-refractivity contribution in [2.24, 2.45) is 4.99 Å². The minimum absolute atomic E-state index is 0.0430. The number of aliphatic imine (C=N–C) groups is 1. The number of halogens is 3. The largest absolute Gasteiger partial charge is 0.468 e. The van der Waals surface area contributed by atoms with Gasteiger partial charge >= 0.3 is 12.3 Å². The van der Waals surface area contributed by atoms with Crippen LogP contribution in [0.3, 0.4) is 0 Å². The summed E-state index contributed by atoms with van der Waals surface area (Å²) in [6, 6.07) is 8.45. The molecule has 0 aliphatic carbocycles. The van der Waals surface area contributed by atoms with E-state index in [9.17, 15) is 18.0 Å². The smallest absolute Gasteiger partial charge is 0.467 e. The van der Waals surface area contributed by atoms with Gasteiger partial charge in [-0.3, -0.25) is 0 Å². The van der Waals surface area contributed by atoms with Gasteiger partial charge in [0.05, 0.1) is 13.1 Å². The molecule has 1 fully saturated rings. The quantitative estimate of drug-likeness (QED) is 0.842. The predicted octanol–water partition coefficient (Wildman–Crippen LogP) is 2.37. The van der Waals surface area contributed by atoms with Crippen molar-refractivity contribution in [3.8, 4) is 0 Å². The lowest BCUT2D eigenvalue weighted by atomic mass is 10.2. The number of hydrogen-bond donors (Lipinski definition) is 0. The van der Waals surface area contributed by atoms with E-state index in [0.29, 0.717) is 0 Å². The number of benzene rings is 1. The van der Waals surface area contributed by atoms with E-state index < -0.39 is 30.3 Å². The molecule has 1 amide bonds. The minimum atomic E-state index is -4.58. The van der Waals surface area contributed by atoms with Gasteiger partial charge in [-0.1, -0.05) is 30.3 Å². The number of carbonyl (C=O) groups excluding carboxylic acids is 1. The zero-order valence-electron chi connectivity index (χ0n) is 11.4. The molecule has 0 saturated carbocycles. The van der Waals surface area contributed by atoms with Crippen LogP contribution >= 0.6 is 0 Å². The normalized spacial score (nSPS) is 23.8. The molecule has 0 spiro atoms. The zero-order chi connectivity index (χ0) is 15.7. The fraction of sp³-hybridized carbons (Fsp3) is 0.429. The SMILES string of the molecule is O=C(OCc1ccccc1)N1CC2OC(C(F)(F)F)=N[C@H]2C1. The molecule has 8 heteroatoms. The molecule has 0 radical (unpaired) electrons. The first kappa shape index (κ1) is 14.7. The number of rotatable bonds is 2. The van der Waals surface area contributed by atoms with Gasteiger partial charge in [-0.25, -0.2) is 9.79 Å². The molecule has 1 aromatic carbocycles. The molecule has 2 atom stereocenters. The average molecular weight is 314 g/mol. The molecule has 2 heterocycles. The number of ether oxygens (including phenoxy) is 2. The van der Waals surface area contributed by atoms with E-state index in [4.69, 9.17) is 9.47 Å². The highest BCUT2D eigenvalue weighted by Crippen LogP contribution is 2.30. The van der Waals surface area contributed by atoms with E-state index in [2.05, 4.69) is 4.99 Å². The van der Waals surface area contributed by atoms with Crippen LogP contribution in [0.25, 0.3) is 0 Å². The summed E-state index contributed by atoms with van der Waals surface area (Å²) in [6.07, 6.45) is -5.91. The second kappa shape index (κ2) is 5.51. The zero-order valence-corrected chi connectivity index (χ0v) is 11.4. The van der Waals surface area contributed by atoms with Crippen LogP contribution < -0.4 is 0 Å². The van der Waals surface area contributed by atoms with Crippen LogP contribution in [0.2, 0.25) is 0 Å². The van der Waals surface area contributed by atoms with E-state index >= 15 is 0 Å². The Morgan fingerprint density at radius 2 is 2.05 bits per heavy atom. The molecule has 1 aromatic rings. The van der Waals surface area contributed by atoms with Crippen LogP contribution in [0.1, 0.15) is 5.56 Å². The molecule has 2 aliphatic heterocycles. The standard InChI is InChI=1S/C14H13F3N2O3/c15-14(16,17)12-18-10-6-19(7-11(10)22-12)13(20)21-8-9-4-2-1-3-5-9/h1-5,10-11H,6-8H2/t10-,11?/m0/s1. The van der Waals surface area contributed by atoms with Crippen LogP contribution in [-0.2, 0) is 16.1 Å². The van der Waals surface area contributed by atoms with Gasteiger partial charge in [0, 0.05) is 0 Å². The topological polar surface area (TPSA) is 51.1 Å². The molecule has 0 N–H and O–H groups in total. The highest BCUT2D eigenvalue weighted by atomic mass is 19.4. The summed E-state index contributed by atoms with van der Waals surface area (Å²) in [5.74, 6) is -1.21. The average Bonchev–Trinajstić information content (AvgIpc) is 3.04. The number of likely N-dealkylation sites (tertiary alicyclic amines) is 1. The second-order valence-corrected chi connectivity index (χ2v) is 5.10. The van der Waals surface area contributed by atoms with Crippen molar-refractivity contribution < 1.29 is 27.4 Å². The Kier molecular flexibility index (Phi) is 3.67. The van der Waals surface area contributed by atoms with E-state index in [1.807, 2.05) is 30.3 Å². The lowest BCUT2D eigenvalue weighted by Crippen LogP contribution is -2.33. The third-order valence-corrected chi connectivity index (χ3v) is 3.49. The summed E-state index contributed by atoms with van der Waals surface area (Å²) in [5, 5.41) is 0. The molecular formula is C14H13F3N2O3. The van der Waals surface area contributed by atoms with Gasteiger partial charge in [0.1, 0.15) is 18.8 Å². The van der Waals surface area contributed by atoms with Crippen LogP contribution in [0, 0.1) is 0 Å². The van der Waals surface area contributed by atoms with Gasteiger partial charge in [0.25, 0.3) is 5.90 Å². The molecule has 1 saturated heterocycles. The highest BCUT2D eigenvalue weighted by Gasteiger charge is 2.50. The fourth-order valence-corrected chi connectivity index (χ4v) is 2.42. The molecular weight excluding hydrogens is 301 g/mol. The first-order valence-electron chi connectivity index (χ1n) is 6.71. The third-order valence-electron chi connectivity index (χ3n) is 3.49. The van der Waals surface area contributed by atoms with Crippen molar-refractivity contribution in [3.05, 3.63) is 35.9 Å². The van der Waals surface area contributed by atoms with Gasteiger partial charge in [-0.05, 0) is 5.56 Å². The van der Waals surface area contributed by atoms with Crippen LogP contribution in [0.4, 0.5) is 18.0 Å². The molecule has 118 valence electrons. The Morgan fingerprint density at radius 3 is 2.68 bits per heavy atom. The first-order valence-corrected chi connectivity index (χ1v) is 6.71. The molecule has 0 aromatic heterocycles. The van der Waals surface area contributed by atoms with Crippen molar-refractivity contribution >= 4 is 12.0 Å². The van der Waals surface area contributed by atoms with Gasteiger partial charge < -0.3 is 14.4 Å². The van der Waals surface area contributed by atoms with E-state index in [0.717, 1.165) is 5.56 Å². The van der Waals surface area contributed by atoms with Crippen molar-refractivity contribution in [3.63, 3.8) is 0 Å². The van der Waals surface area contributed by atoms with Crippen LogP contribution in [0.15, 0.2) is 35.3 Å². The van der Waals surface area contributed by atoms with Crippen molar-refractivity contribution in [2.75, 3.05) is 13.1 Å². The van der Waals surface area contributed by atoms with Gasteiger partial charge in [0.2, 0.25) is 0 Å². The van der Waals surface area contributed by atoms with Crippen LogP contribution in [0.5, 0.6) is 0 Å². The van der Waals surface area contributed by atoms with Crippen molar-refractivity contribution in [1.82, 2.24) is 4.90 Å². The number of fused-ring (bicyclic) bond motifs is 1. The lowest BCUT2D eigenvalue weighted by Gasteiger charge is -2.17. The number of nitrogens with zero attached hydrogens (tertiary/aromatic N) is 2. The Bertz CT molecular complexity index is 589. The predicted molar refractivity (Wildman–Crippen MR) is 70.4 cm³/mol.